The lowest BCUT2D eigenvalue weighted by atomic mass is 9.77. The smallest absolute Gasteiger partial charge is 0.141 e. The van der Waals surface area contributed by atoms with Crippen LogP contribution in [-0.2, 0) is 12.0 Å². The number of hydrogen-bond donors (Lipinski definition) is 0. The van der Waals surface area contributed by atoms with Crippen LogP contribution in [0.2, 0.25) is 0 Å². The summed E-state index contributed by atoms with van der Waals surface area (Å²) in [6.45, 7) is 0. The lowest BCUT2D eigenvalue weighted by Gasteiger charge is -2.34. The predicted octanol–water partition coefficient (Wildman–Crippen LogP) is 4.77. The van der Waals surface area contributed by atoms with Gasteiger partial charge < -0.3 is 4.57 Å². The number of imidazole rings is 1. The molecule has 0 unspecified atom stereocenters. The Morgan fingerprint density at radius 2 is 1.74 bits per heavy atom. The van der Waals surface area contributed by atoms with Gasteiger partial charge in [-0.1, -0.05) is 66.7 Å². The van der Waals surface area contributed by atoms with Gasteiger partial charge in [-0.25, -0.2) is 4.98 Å². The van der Waals surface area contributed by atoms with Crippen LogP contribution in [0, 0.1) is 11.3 Å². The largest absolute Gasteiger partial charge is 0.316 e. The maximum absolute atomic E-state index is 9.46. The molecule has 0 amide bonds. The summed E-state index contributed by atoms with van der Waals surface area (Å²) >= 11 is 0. The summed E-state index contributed by atoms with van der Waals surface area (Å²) in [7, 11) is 0. The Hall–Kier alpha value is -3.64. The van der Waals surface area contributed by atoms with E-state index in [-0.39, 0.29) is 0 Å². The molecule has 0 N–H and O–H groups in total. The maximum Gasteiger partial charge on any atom is 0.141 e. The lowest BCUT2D eigenvalue weighted by Crippen LogP contribution is -2.35. The van der Waals surface area contributed by atoms with E-state index in [1.165, 1.54) is 11.1 Å². The van der Waals surface area contributed by atoms with E-state index in [1.807, 2.05) is 30.5 Å². The number of rotatable bonds is 3. The highest BCUT2D eigenvalue weighted by molar-refractivity contribution is 5.71. The van der Waals surface area contributed by atoms with Crippen molar-refractivity contribution >= 4 is 0 Å². The molecule has 0 fully saturated rings. The van der Waals surface area contributed by atoms with Crippen molar-refractivity contribution in [2.75, 3.05) is 0 Å². The summed E-state index contributed by atoms with van der Waals surface area (Å²) < 4.78 is 2.27. The number of hydrogen-bond acceptors (Lipinski definition) is 2. The minimum atomic E-state index is -0.420. The first-order chi connectivity index (χ1) is 13.3. The van der Waals surface area contributed by atoms with Crippen LogP contribution < -0.4 is 0 Å². The molecule has 0 radical (unpaired) electrons. The molecule has 0 aliphatic carbocycles. The van der Waals surface area contributed by atoms with Gasteiger partial charge in [-0.05, 0) is 28.8 Å². The monoisotopic (exact) mass is 347 g/mol. The van der Waals surface area contributed by atoms with Crippen LogP contribution in [0.25, 0.3) is 11.4 Å². The van der Waals surface area contributed by atoms with E-state index < -0.39 is 5.54 Å². The summed E-state index contributed by atoms with van der Waals surface area (Å²) in [4.78, 5) is 4.64. The number of aromatic nitrogens is 2. The Morgan fingerprint density at radius 1 is 0.926 bits per heavy atom. The van der Waals surface area contributed by atoms with Crippen LogP contribution >= 0.6 is 0 Å². The van der Waals surface area contributed by atoms with Crippen LogP contribution in [0.15, 0.2) is 91.3 Å². The molecule has 0 bridgehead atoms. The van der Waals surface area contributed by atoms with E-state index in [4.69, 9.17) is 0 Å². The number of benzene rings is 3. The first-order valence-corrected chi connectivity index (χ1v) is 9.01. The molecular weight excluding hydrogens is 330 g/mol. The van der Waals surface area contributed by atoms with Crippen LogP contribution in [0.3, 0.4) is 0 Å². The van der Waals surface area contributed by atoms with Crippen molar-refractivity contribution in [1.29, 1.82) is 5.26 Å². The molecule has 27 heavy (non-hydrogen) atoms. The Morgan fingerprint density at radius 3 is 2.59 bits per heavy atom. The molecule has 3 nitrogen and oxygen atoms in total. The Kier molecular flexibility index (Phi) is 3.45. The third-order valence-corrected chi connectivity index (χ3v) is 5.44. The van der Waals surface area contributed by atoms with Crippen molar-refractivity contribution in [1.82, 2.24) is 9.55 Å². The van der Waals surface area contributed by atoms with E-state index >= 15 is 0 Å². The molecule has 0 saturated heterocycles. The minimum absolute atomic E-state index is 0.420. The van der Waals surface area contributed by atoms with Gasteiger partial charge in [0.2, 0.25) is 0 Å². The second kappa shape index (κ2) is 5.96. The van der Waals surface area contributed by atoms with E-state index in [2.05, 4.69) is 76.4 Å². The zero-order valence-corrected chi connectivity index (χ0v) is 14.7. The van der Waals surface area contributed by atoms with Gasteiger partial charge in [0.25, 0.3) is 0 Å². The second-order valence-corrected chi connectivity index (χ2v) is 6.88. The second-order valence-electron chi connectivity index (χ2n) is 6.88. The summed E-state index contributed by atoms with van der Waals surface area (Å²) in [5.74, 6) is 0.976. The van der Waals surface area contributed by atoms with Crippen LogP contribution in [0.1, 0.15) is 22.3 Å². The molecule has 128 valence electrons. The van der Waals surface area contributed by atoms with Crippen molar-refractivity contribution in [3.63, 3.8) is 0 Å². The minimum Gasteiger partial charge on any atom is -0.316 e. The lowest BCUT2D eigenvalue weighted by molar-refractivity contribution is 0.450. The van der Waals surface area contributed by atoms with Gasteiger partial charge in [0.15, 0.2) is 0 Å². The standard InChI is InChI=1S/C24H17N3/c25-17-19-9-6-10-20(15-19)24(16-18-7-2-1-3-8-18)22-12-5-4-11-21(22)23-26-13-14-27(23)24/h1-15H,16H2/t24-/m0/s1. The molecule has 1 aliphatic heterocycles. The molecule has 0 spiro atoms. The molecule has 5 rings (SSSR count). The van der Waals surface area contributed by atoms with Crippen molar-refractivity contribution in [2.45, 2.75) is 12.0 Å². The van der Waals surface area contributed by atoms with Gasteiger partial charge in [-0.3, -0.25) is 0 Å². The molecule has 3 aromatic carbocycles. The van der Waals surface area contributed by atoms with Gasteiger partial charge in [-0.15, -0.1) is 0 Å². The number of nitriles is 1. The molecule has 1 aliphatic rings. The first kappa shape index (κ1) is 15.6. The summed E-state index contributed by atoms with van der Waals surface area (Å²) in [6, 6.07) is 29.2. The van der Waals surface area contributed by atoms with Crippen molar-refractivity contribution < 1.29 is 0 Å². The Balaban J connectivity index is 1.84. The van der Waals surface area contributed by atoms with Crippen LogP contribution in [0.5, 0.6) is 0 Å². The summed E-state index contributed by atoms with van der Waals surface area (Å²) in [5, 5.41) is 9.46. The SMILES string of the molecule is N#Cc1cccc([C@@]2(Cc3ccccc3)c3ccccc3-c3nccn32)c1. The van der Waals surface area contributed by atoms with Crippen molar-refractivity contribution in [2.24, 2.45) is 0 Å². The van der Waals surface area contributed by atoms with Gasteiger partial charge in [-0.2, -0.15) is 5.26 Å². The average molecular weight is 347 g/mol. The van der Waals surface area contributed by atoms with E-state index in [9.17, 15) is 5.26 Å². The van der Waals surface area contributed by atoms with Gasteiger partial charge >= 0.3 is 0 Å². The van der Waals surface area contributed by atoms with Crippen molar-refractivity contribution in [3.05, 3.63) is 114 Å². The third-order valence-electron chi connectivity index (χ3n) is 5.44. The zero-order chi connectivity index (χ0) is 18.3. The summed E-state index contributed by atoms with van der Waals surface area (Å²) in [6.07, 6.45) is 4.71. The molecule has 1 atom stereocenters. The van der Waals surface area contributed by atoms with Gasteiger partial charge in [0.1, 0.15) is 11.4 Å². The highest BCUT2D eigenvalue weighted by Crippen LogP contribution is 2.48. The molecule has 0 saturated carbocycles. The number of nitrogens with zero attached hydrogens (tertiary/aromatic N) is 3. The summed E-state index contributed by atoms with van der Waals surface area (Å²) in [5.41, 5.74) is 4.99. The molecule has 2 heterocycles. The Bertz CT molecular complexity index is 1170. The third kappa shape index (κ3) is 2.24. The van der Waals surface area contributed by atoms with Crippen LogP contribution in [-0.4, -0.2) is 9.55 Å². The number of fused-ring (bicyclic) bond motifs is 3. The first-order valence-electron chi connectivity index (χ1n) is 9.01. The molecular formula is C24H17N3. The normalized spacial score (nSPS) is 17.1. The zero-order valence-electron chi connectivity index (χ0n) is 14.7. The fraction of sp³-hybridized carbons (Fsp3) is 0.0833. The van der Waals surface area contributed by atoms with Crippen LogP contribution in [0.4, 0.5) is 0 Å². The van der Waals surface area contributed by atoms with Gasteiger partial charge in [0.05, 0.1) is 11.6 Å². The average Bonchev–Trinajstić information content (AvgIpc) is 3.31. The van der Waals surface area contributed by atoms with E-state index in [0.29, 0.717) is 5.56 Å². The predicted molar refractivity (Wildman–Crippen MR) is 105 cm³/mol. The molecule has 4 aromatic rings. The highest BCUT2D eigenvalue weighted by atomic mass is 15.2. The fourth-order valence-corrected chi connectivity index (χ4v) is 4.29. The fourth-order valence-electron chi connectivity index (χ4n) is 4.29. The maximum atomic E-state index is 9.46. The quantitative estimate of drug-likeness (QED) is 0.536. The Labute approximate surface area is 158 Å². The van der Waals surface area contributed by atoms with Crippen molar-refractivity contribution in [3.8, 4) is 17.5 Å². The van der Waals surface area contributed by atoms with E-state index in [0.717, 1.165) is 23.4 Å². The van der Waals surface area contributed by atoms with Gasteiger partial charge in [0, 0.05) is 24.4 Å². The van der Waals surface area contributed by atoms with E-state index in [1.54, 1.807) is 0 Å². The topological polar surface area (TPSA) is 41.6 Å². The molecule has 1 aromatic heterocycles. The molecule has 3 heteroatoms. The highest BCUT2D eigenvalue weighted by Gasteiger charge is 2.44.